The van der Waals surface area contributed by atoms with Gasteiger partial charge < -0.3 is 10.1 Å². The van der Waals surface area contributed by atoms with Gasteiger partial charge in [-0.3, -0.25) is 14.3 Å². The molecule has 0 bridgehead atoms. The van der Waals surface area contributed by atoms with Gasteiger partial charge >= 0.3 is 0 Å². The maximum absolute atomic E-state index is 13.4. The van der Waals surface area contributed by atoms with Gasteiger partial charge in [-0.2, -0.15) is 0 Å². The van der Waals surface area contributed by atoms with Gasteiger partial charge in [0.2, 0.25) is 0 Å². The number of amides is 1. The molecule has 1 amide bonds. The Kier molecular flexibility index (Phi) is 7.91. The smallest absolute Gasteiger partial charge is 0.261 e. The minimum absolute atomic E-state index is 0.0713. The van der Waals surface area contributed by atoms with Crippen molar-refractivity contribution in [2.75, 3.05) is 16.6 Å². The van der Waals surface area contributed by atoms with Gasteiger partial charge in [0.1, 0.15) is 5.75 Å². The fourth-order valence-corrected chi connectivity index (χ4v) is 4.86. The standard InChI is InChI=1S/C28H23ClN2O5S/c1-2-36-26-16-14-22(18-25(26)30-28(33)20-11-7-4-8-12-20)37(34,35)31-24-15-13-21(29)17-23(24)27(32)19-9-5-3-6-10-19/h3-18,31H,2H2,1H3,(H,30,33). The quantitative estimate of drug-likeness (QED) is 0.256. The van der Waals surface area contributed by atoms with E-state index in [0.717, 1.165) is 0 Å². The van der Waals surface area contributed by atoms with E-state index in [1.165, 1.54) is 36.4 Å². The number of benzene rings is 4. The summed E-state index contributed by atoms with van der Waals surface area (Å²) in [6.07, 6.45) is 0. The zero-order chi connectivity index (χ0) is 26.4. The highest BCUT2D eigenvalue weighted by atomic mass is 35.5. The molecule has 188 valence electrons. The molecule has 0 unspecified atom stereocenters. The average molecular weight is 535 g/mol. The van der Waals surface area contributed by atoms with Crippen LogP contribution in [0.15, 0.2) is 102 Å². The number of nitrogens with one attached hydrogen (secondary N) is 2. The summed E-state index contributed by atoms with van der Waals surface area (Å²) in [5.74, 6) is -0.488. The van der Waals surface area contributed by atoms with E-state index in [1.54, 1.807) is 67.6 Å². The molecular formula is C28H23ClN2O5S. The second-order valence-electron chi connectivity index (χ2n) is 7.90. The first-order valence-electron chi connectivity index (χ1n) is 11.3. The van der Waals surface area contributed by atoms with Crippen LogP contribution in [0, 0.1) is 0 Å². The van der Waals surface area contributed by atoms with Crippen LogP contribution in [0.4, 0.5) is 11.4 Å². The van der Waals surface area contributed by atoms with E-state index in [2.05, 4.69) is 10.0 Å². The molecule has 4 aromatic rings. The van der Waals surface area contributed by atoms with Gasteiger partial charge in [-0.1, -0.05) is 60.1 Å². The molecule has 0 radical (unpaired) electrons. The van der Waals surface area contributed by atoms with Crippen LogP contribution in [0.3, 0.4) is 0 Å². The summed E-state index contributed by atoms with van der Waals surface area (Å²) in [6, 6.07) is 25.5. The number of ether oxygens (including phenoxy) is 1. The molecule has 0 aliphatic heterocycles. The Hall–Kier alpha value is -4.14. The molecule has 0 aliphatic carbocycles. The van der Waals surface area contributed by atoms with E-state index < -0.39 is 15.9 Å². The number of halogens is 1. The summed E-state index contributed by atoms with van der Waals surface area (Å²) < 4.78 is 34.8. The zero-order valence-corrected chi connectivity index (χ0v) is 21.3. The number of carbonyl (C=O) groups is 2. The lowest BCUT2D eigenvalue weighted by Gasteiger charge is -2.16. The fourth-order valence-electron chi connectivity index (χ4n) is 3.58. The Morgan fingerprint density at radius 3 is 2.11 bits per heavy atom. The predicted octanol–water partition coefficient (Wildman–Crippen LogP) is 6.02. The first-order chi connectivity index (χ1) is 17.8. The number of rotatable bonds is 9. The van der Waals surface area contributed by atoms with Gasteiger partial charge in [0.25, 0.3) is 15.9 Å². The van der Waals surface area contributed by atoms with Crippen LogP contribution in [-0.4, -0.2) is 26.7 Å². The lowest BCUT2D eigenvalue weighted by molar-refractivity contribution is 0.102. The van der Waals surface area contributed by atoms with Crippen molar-refractivity contribution in [3.05, 3.63) is 119 Å². The molecule has 0 aliphatic rings. The highest BCUT2D eigenvalue weighted by molar-refractivity contribution is 7.92. The fraction of sp³-hybridized carbons (Fsp3) is 0.0714. The third-order valence-corrected chi connectivity index (χ3v) is 6.95. The van der Waals surface area contributed by atoms with Crippen molar-refractivity contribution in [1.29, 1.82) is 0 Å². The minimum Gasteiger partial charge on any atom is -0.492 e. The number of carbonyl (C=O) groups excluding carboxylic acids is 2. The van der Waals surface area contributed by atoms with Crippen molar-refractivity contribution in [2.45, 2.75) is 11.8 Å². The van der Waals surface area contributed by atoms with Crippen LogP contribution >= 0.6 is 11.6 Å². The molecule has 0 atom stereocenters. The second-order valence-corrected chi connectivity index (χ2v) is 10.0. The molecule has 0 heterocycles. The second kappa shape index (κ2) is 11.3. The van der Waals surface area contributed by atoms with Crippen molar-refractivity contribution in [1.82, 2.24) is 0 Å². The molecule has 0 spiro atoms. The van der Waals surface area contributed by atoms with Crippen LogP contribution in [0.25, 0.3) is 0 Å². The number of anilines is 2. The molecule has 7 nitrogen and oxygen atoms in total. The maximum Gasteiger partial charge on any atom is 0.261 e. The molecule has 2 N–H and O–H groups in total. The Morgan fingerprint density at radius 2 is 1.46 bits per heavy atom. The van der Waals surface area contributed by atoms with Crippen molar-refractivity contribution in [3.8, 4) is 5.75 Å². The SMILES string of the molecule is CCOc1ccc(S(=O)(=O)Nc2ccc(Cl)cc2C(=O)c2ccccc2)cc1NC(=O)c1ccccc1. The molecule has 0 aromatic heterocycles. The molecular weight excluding hydrogens is 512 g/mol. The molecule has 4 aromatic carbocycles. The molecule has 37 heavy (non-hydrogen) atoms. The molecule has 4 rings (SSSR count). The summed E-state index contributed by atoms with van der Waals surface area (Å²) in [5, 5.41) is 3.01. The maximum atomic E-state index is 13.4. The van der Waals surface area contributed by atoms with E-state index in [-0.39, 0.29) is 32.6 Å². The Labute approximate surface area is 220 Å². The van der Waals surface area contributed by atoms with Crippen LogP contribution in [0.2, 0.25) is 5.02 Å². The highest BCUT2D eigenvalue weighted by Gasteiger charge is 2.22. The summed E-state index contributed by atoms with van der Waals surface area (Å²) in [5.41, 5.74) is 1.15. The number of hydrogen-bond donors (Lipinski definition) is 2. The largest absolute Gasteiger partial charge is 0.492 e. The monoisotopic (exact) mass is 534 g/mol. The molecule has 0 saturated heterocycles. The topological polar surface area (TPSA) is 102 Å². The summed E-state index contributed by atoms with van der Waals surface area (Å²) in [7, 11) is -4.17. The third-order valence-electron chi connectivity index (χ3n) is 5.35. The Bertz CT molecular complexity index is 1540. The van der Waals surface area contributed by atoms with Crippen molar-refractivity contribution < 1.29 is 22.7 Å². The van der Waals surface area contributed by atoms with Crippen LogP contribution in [0.5, 0.6) is 5.75 Å². The average Bonchev–Trinajstić information content (AvgIpc) is 2.91. The highest BCUT2D eigenvalue weighted by Crippen LogP contribution is 2.31. The van der Waals surface area contributed by atoms with Crippen LogP contribution in [-0.2, 0) is 10.0 Å². The van der Waals surface area contributed by atoms with Crippen LogP contribution < -0.4 is 14.8 Å². The van der Waals surface area contributed by atoms with Crippen molar-refractivity contribution in [3.63, 3.8) is 0 Å². The van der Waals surface area contributed by atoms with Gasteiger partial charge in [0.05, 0.1) is 22.9 Å². The molecule has 0 fully saturated rings. The summed E-state index contributed by atoms with van der Waals surface area (Å²) in [4.78, 5) is 25.7. The molecule has 9 heteroatoms. The normalized spacial score (nSPS) is 11.0. The van der Waals surface area contributed by atoms with E-state index in [4.69, 9.17) is 16.3 Å². The first-order valence-corrected chi connectivity index (χ1v) is 13.2. The number of hydrogen-bond acceptors (Lipinski definition) is 5. The van der Waals surface area contributed by atoms with E-state index in [9.17, 15) is 18.0 Å². The zero-order valence-electron chi connectivity index (χ0n) is 19.8. The van der Waals surface area contributed by atoms with E-state index >= 15 is 0 Å². The Morgan fingerprint density at radius 1 is 0.811 bits per heavy atom. The van der Waals surface area contributed by atoms with Gasteiger partial charge in [0.15, 0.2) is 5.78 Å². The van der Waals surface area contributed by atoms with Gasteiger partial charge in [0, 0.05) is 21.7 Å². The van der Waals surface area contributed by atoms with Crippen LogP contribution in [0.1, 0.15) is 33.2 Å². The molecule has 0 saturated carbocycles. The number of ketones is 1. The first kappa shape index (κ1) is 25.9. The summed E-state index contributed by atoms with van der Waals surface area (Å²) in [6.45, 7) is 2.09. The van der Waals surface area contributed by atoms with Gasteiger partial charge in [-0.25, -0.2) is 8.42 Å². The lowest BCUT2D eigenvalue weighted by atomic mass is 10.0. The lowest BCUT2D eigenvalue weighted by Crippen LogP contribution is -2.17. The van der Waals surface area contributed by atoms with Gasteiger partial charge in [-0.05, 0) is 55.5 Å². The predicted molar refractivity (Wildman–Crippen MR) is 144 cm³/mol. The number of sulfonamides is 1. The van der Waals surface area contributed by atoms with Crippen molar-refractivity contribution >= 4 is 44.7 Å². The van der Waals surface area contributed by atoms with E-state index in [0.29, 0.717) is 23.5 Å². The van der Waals surface area contributed by atoms with E-state index in [1.807, 2.05) is 0 Å². The summed E-state index contributed by atoms with van der Waals surface area (Å²) >= 11 is 6.12. The minimum atomic E-state index is -4.17. The Balaban J connectivity index is 1.68. The van der Waals surface area contributed by atoms with Crippen molar-refractivity contribution in [2.24, 2.45) is 0 Å². The third kappa shape index (κ3) is 6.17. The van der Waals surface area contributed by atoms with Gasteiger partial charge in [-0.15, -0.1) is 0 Å².